The standard InChI is InChI=1S/C10H20N2/c1-3-5-6-8-12-10(9-11)7-4-2/h10,12H,4,6-9,11H2,1-2H3. The Morgan fingerprint density at radius 1 is 1.50 bits per heavy atom. The van der Waals surface area contributed by atoms with E-state index in [-0.39, 0.29) is 0 Å². The van der Waals surface area contributed by atoms with Gasteiger partial charge >= 0.3 is 0 Å². The molecule has 0 rings (SSSR count). The highest BCUT2D eigenvalue weighted by atomic mass is 14.9. The van der Waals surface area contributed by atoms with Crippen LogP contribution in [0.15, 0.2) is 0 Å². The van der Waals surface area contributed by atoms with Crippen LogP contribution in [-0.4, -0.2) is 19.1 Å². The number of nitrogens with one attached hydrogen (secondary N) is 1. The van der Waals surface area contributed by atoms with Gasteiger partial charge < -0.3 is 11.1 Å². The summed E-state index contributed by atoms with van der Waals surface area (Å²) in [5, 5.41) is 3.38. The Kier molecular flexibility index (Phi) is 8.20. The van der Waals surface area contributed by atoms with Crippen LogP contribution in [0, 0.1) is 11.8 Å². The van der Waals surface area contributed by atoms with Crippen LogP contribution in [0.1, 0.15) is 33.1 Å². The molecule has 0 bridgehead atoms. The molecule has 0 aliphatic carbocycles. The van der Waals surface area contributed by atoms with Gasteiger partial charge in [-0.1, -0.05) is 13.3 Å². The Balaban J connectivity index is 3.35. The van der Waals surface area contributed by atoms with Gasteiger partial charge in [-0.3, -0.25) is 0 Å². The van der Waals surface area contributed by atoms with Gasteiger partial charge in [-0.2, -0.15) is 0 Å². The summed E-state index contributed by atoms with van der Waals surface area (Å²) in [4.78, 5) is 0. The van der Waals surface area contributed by atoms with E-state index in [1.807, 2.05) is 6.92 Å². The van der Waals surface area contributed by atoms with E-state index in [2.05, 4.69) is 24.1 Å². The lowest BCUT2D eigenvalue weighted by Crippen LogP contribution is -2.36. The second kappa shape index (κ2) is 8.58. The molecule has 12 heavy (non-hydrogen) atoms. The molecular weight excluding hydrogens is 148 g/mol. The largest absolute Gasteiger partial charge is 0.329 e. The van der Waals surface area contributed by atoms with Crippen molar-refractivity contribution in [2.75, 3.05) is 13.1 Å². The Morgan fingerprint density at radius 2 is 2.25 bits per heavy atom. The van der Waals surface area contributed by atoms with Crippen molar-refractivity contribution in [1.82, 2.24) is 5.32 Å². The van der Waals surface area contributed by atoms with Crippen molar-refractivity contribution in [1.29, 1.82) is 0 Å². The molecule has 0 amide bonds. The fourth-order valence-corrected chi connectivity index (χ4v) is 1.12. The van der Waals surface area contributed by atoms with E-state index < -0.39 is 0 Å². The van der Waals surface area contributed by atoms with Crippen LogP contribution in [0.2, 0.25) is 0 Å². The molecule has 0 aromatic carbocycles. The number of nitrogens with two attached hydrogens (primary N) is 1. The molecule has 0 fully saturated rings. The van der Waals surface area contributed by atoms with Gasteiger partial charge in [0.1, 0.15) is 0 Å². The van der Waals surface area contributed by atoms with E-state index in [0.717, 1.165) is 25.9 Å². The van der Waals surface area contributed by atoms with Crippen LogP contribution in [0.5, 0.6) is 0 Å². The van der Waals surface area contributed by atoms with Gasteiger partial charge in [0.05, 0.1) is 0 Å². The summed E-state index contributed by atoms with van der Waals surface area (Å²) in [6.45, 7) is 5.73. The van der Waals surface area contributed by atoms with Gasteiger partial charge in [0.15, 0.2) is 0 Å². The lowest BCUT2D eigenvalue weighted by Gasteiger charge is -2.14. The molecule has 0 aromatic heterocycles. The smallest absolute Gasteiger partial charge is 0.0214 e. The molecule has 0 aliphatic rings. The van der Waals surface area contributed by atoms with E-state index in [0.29, 0.717) is 6.04 Å². The highest BCUT2D eigenvalue weighted by Crippen LogP contribution is 1.93. The van der Waals surface area contributed by atoms with Crippen LogP contribution in [0.4, 0.5) is 0 Å². The maximum Gasteiger partial charge on any atom is 0.0214 e. The van der Waals surface area contributed by atoms with Crippen molar-refractivity contribution in [3.63, 3.8) is 0 Å². The molecule has 0 spiro atoms. The van der Waals surface area contributed by atoms with Gasteiger partial charge in [-0.05, 0) is 13.3 Å². The zero-order valence-corrected chi connectivity index (χ0v) is 8.19. The SMILES string of the molecule is CC#CCCNC(CN)CCC. The first kappa shape index (κ1) is 11.5. The summed E-state index contributed by atoms with van der Waals surface area (Å²) >= 11 is 0. The van der Waals surface area contributed by atoms with E-state index in [1.165, 1.54) is 6.42 Å². The normalized spacial score (nSPS) is 11.9. The molecule has 0 radical (unpaired) electrons. The first-order valence-electron chi connectivity index (χ1n) is 4.68. The van der Waals surface area contributed by atoms with Gasteiger partial charge in [-0.25, -0.2) is 0 Å². The summed E-state index contributed by atoms with van der Waals surface area (Å²) < 4.78 is 0. The van der Waals surface area contributed by atoms with Crippen LogP contribution in [0.25, 0.3) is 0 Å². The van der Waals surface area contributed by atoms with Crippen LogP contribution in [0.3, 0.4) is 0 Å². The molecule has 2 heteroatoms. The van der Waals surface area contributed by atoms with Crippen molar-refractivity contribution in [2.24, 2.45) is 5.73 Å². The van der Waals surface area contributed by atoms with Gasteiger partial charge in [-0.15, -0.1) is 11.8 Å². The Morgan fingerprint density at radius 3 is 2.75 bits per heavy atom. The molecule has 1 unspecified atom stereocenters. The Bertz CT molecular complexity index is 144. The summed E-state index contributed by atoms with van der Waals surface area (Å²) in [6.07, 6.45) is 3.28. The topological polar surface area (TPSA) is 38.0 Å². The zero-order chi connectivity index (χ0) is 9.23. The minimum atomic E-state index is 0.480. The molecule has 1 atom stereocenters. The first-order valence-corrected chi connectivity index (χ1v) is 4.68. The van der Waals surface area contributed by atoms with Gasteiger partial charge in [0.2, 0.25) is 0 Å². The molecule has 0 saturated carbocycles. The zero-order valence-electron chi connectivity index (χ0n) is 8.19. The average Bonchev–Trinajstić information content (AvgIpc) is 2.10. The predicted molar refractivity (Wildman–Crippen MR) is 53.8 cm³/mol. The number of rotatable bonds is 6. The third-order valence-corrected chi connectivity index (χ3v) is 1.78. The summed E-state index contributed by atoms with van der Waals surface area (Å²) in [7, 11) is 0. The predicted octanol–water partition coefficient (Wildman–Crippen LogP) is 1.12. The van der Waals surface area contributed by atoms with E-state index in [9.17, 15) is 0 Å². The maximum atomic E-state index is 5.58. The lowest BCUT2D eigenvalue weighted by atomic mass is 10.1. The van der Waals surface area contributed by atoms with Crippen molar-refractivity contribution < 1.29 is 0 Å². The molecule has 3 N–H and O–H groups in total. The first-order chi connectivity index (χ1) is 5.85. The molecule has 70 valence electrons. The van der Waals surface area contributed by atoms with Crippen LogP contribution < -0.4 is 11.1 Å². The molecule has 0 aliphatic heterocycles. The number of hydrogen-bond donors (Lipinski definition) is 2. The van der Waals surface area contributed by atoms with Crippen molar-refractivity contribution in [2.45, 2.75) is 39.2 Å². The van der Waals surface area contributed by atoms with Gasteiger partial charge in [0.25, 0.3) is 0 Å². The fraction of sp³-hybridized carbons (Fsp3) is 0.800. The van der Waals surface area contributed by atoms with Crippen molar-refractivity contribution >= 4 is 0 Å². The summed E-state index contributed by atoms with van der Waals surface area (Å²) in [5.74, 6) is 5.89. The second-order valence-corrected chi connectivity index (χ2v) is 2.85. The molecule has 0 aromatic rings. The highest BCUT2D eigenvalue weighted by Gasteiger charge is 2.01. The minimum Gasteiger partial charge on any atom is -0.329 e. The van der Waals surface area contributed by atoms with E-state index in [1.54, 1.807) is 0 Å². The summed E-state index contributed by atoms with van der Waals surface area (Å²) in [5.41, 5.74) is 5.58. The Hall–Kier alpha value is -0.520. The Labute approximate surface area is 75.9 Å². The quantitative estimate of drug-likeness (QED) is 0.460. The van der Waals surface area contributed by atoms with Crippen LogP contribution in [-0.2, 0) is 0 Å². The highest BCUT2D eigenvalue weighted by molar-refractivity contribution is 4.95. The van der Waals surface area contributed by atoms with Crippen molar-refractivity contribution in [3.05, 3.63) is 0 Å². The molecular formula is C10H20N2. The lowest BCUT2D eigenvalue weighted by molar-refractivity contribution is 0.489. The molecule has 0 saturated heterocycles. The average molecular weight is 168 g/mol. The monoisotopic (exact) mass is 168 g/mol. The van der Waals surface area contributed by atoms with Crippen molar-refractivity contribution in [3.8, 4) is 11.8 Å². The van der Waals surface area contributed by atoms with E-state index >= 15 is 0 Å². The minimum absolute atomic E-state index is 0.480. The fourth-order valence-electron chi connectivity index (χ4n) is 1.12. The third-order valence-electron chi connectivity index (χ3n) is 1.78. The second-order valence-electron chi connectivity index (χ2n) is 2.85. The molecule has 0 heterocycles. The van der Waals surface area contributed by atoms with Gasteiger partial charge in [0, 0.05) is 25.6 Å². The van der Waals surface area contributed by atoms with Crippen LogP contribution >= 0.6 is 0 Å². The molecule has 2 nitrogen and oxygen atoms in total. The third kappa shape index (κ3) is 6.21. The maximum absolute atomic E-state index is 5.58. The van der Waals surface area contributed by atoms with E-state index in [4.69, 9.17) is 5.73 Å². The summed E-state index contributed by atoms with van der Waals surface area (Å²) in [6, 6.07) is 0.480. The number of hydrogen-bond acceptors (Lipinski definition) is 2.